The van der Waals surface area contributed by atoms with Crippen molar-refractivity contribution in [2.45, 2.75) is 19.9 Å². The molecular weight excluding hydrogens is 190 g/mol. The van der Waals surface area contributed by atoms with Gasteiger partial charge in [0, 0.05) is 13.0 Å². The van der Waals surface area contributed by atoms with Crippen molar-refractivity contribution in [2.24, 2.45) is 0 Å². The number of hydrogen-bond donors (Lipinski definition) is 1. The van der Waals surface area contributed by atoms with E-state index in [1.165, 1.54) is 6.92 Å². The van der Waals surface area contributed by atoms with Gasteiger partial charge in [-0.15, -0.1) is 0 Å². The maximum atomic E-state index is 13.1. The lowest BCUT2D eigenvalue weighted by Gasteiger charge is -2.12. The number of pyridine rings is 1. The van der Waals surface area contributed by atoms with E-state index in [1.54, 1.807) is 6.92 Å². The summed E-state index contributed by atoms with van der Waals surface area (Å²) in [7, 11) is 0. The molecule has 0 fully saturated rings. The number of carbonyl (C=O) groups is 1. The van der Waals surface area contributed by atoms with Crippen LogP contribution in [0, 0.1) is 11.6 Å². The smallest absolute Gasteiger partial charge is 0.217 e. The SMILES string of the molecule is CC(=O)NC(C)c1ncc(F)cc1F. The first-order valence-electron chi connectivity index (χ1n) is 4.08. The molecule has 0 spiro atoms. The van der Waals surface area contributed by atoms with Crippen molar-refractivity contribution in [3.05, 3.63) is 29.6 Å². The van der Waals surface area contributed by atoms with Gasteiger partial charge in [-0.1, -0.05) is 0 Å². The Bertz CT molecular complexity index is 355. The van der Waals surface area contributed by atoms with Gasteiger partial charge in [-0.2, -0.15) is 0 Å². The molecule has 1 N–H and O–H groups in total. The van der Waals surface area contributed by atoms with Crippen molar-refractivity contribution in [1.82, 2.24) is 10.3 Å². The molecule has 14 heavy (non-hydrogen) atoms. The van der Waals surface area contributed by atoms with E-state index in [0.29, 0.717) is 0 Å². The zero-order valence-corrected chi connectivity index (χ0v) is 7.84. The minimum Gasteiger partial charge on any atom is -0.348 e. The van der Waals surface area contributed by atoms with Crippen LogP contribution in [0.1, 0.15) is 25.6 Å². The van der Waals surface area contributed by atoms with Crippen LogP contribution in [-0.4, -0.2) is 10.9 Å². The third-order valence-electron chi connectivity index (χ3n) is 1.67. The maximum Gasteiger partial charge on any atom is 0.217 e. The van der Waals surface area contributed by atoms with Crippen molar-refractivity contribution in [2.75, 3.05) is 0 Å². The fourth-order valence-corrected chi connectivity index (χ4v) is 1.12. The summed E-state index contributed by atoms with van der Waals surface area (Å²) in [6.45, 7) is 2.89. The predicted molar refractivity (Wildman–Crippen MR) is 46.4 cm³/mol. The fraction of sp³-hybridized carbons (Fsp3) is 0.333. The molecule has 0 bridgehead atoms. The van der Waals surface area contributed by atoms with Gasteiger partial charge in [-0.05, 0) is 6.92 Å². The standard InChI is InChI=1S/C9H10F2N2O/c1-5(13-6(2)14)9-8(11)3-7(10)4-12-9/h3-5H,1-2H3,(H,13,14). The van der Waals surface area contributed by atoms with Crippen LogP contribution in [0.4, 0.5) is 8.78 Å². The number of halogens is 2. The third-order valence-corrected chi connectivity index (χ3v) is 1.67. The van der Waals surface area contributed by atoms with Gasteiger partial charge < -0.3 is 5.32 Å². The Hall–Kier alpha value is -1.52. The predicted octanol–water partition coefficient (Wildman–Crippen LogP) is 1.56. The van der Waals surface area contributed by atoms with Gasteiger partial charge in [-0.25, -0.2) is 8.78 Å². The van der Waals surface area contributed by atoms with Gasteiger partial charge >= 0.3 is 0 Å². The molecule has 1 amide bonds. The lowest BCUT2D eigenvalue weighted by molar-refractivity contribution is -0.119. The van der Waals surface area contributed by atoms with Crippen LogP contribution in [0.15, 0.2) is 12.3 Å². The number of aromatic nitrogens is 1. The molecule has 1 heterocycles. The molecule has 0 aromatic carbocycles. The van der Waals surface area contributed by atoms with Crippen molar-refractivity contribution < 1.29 is 13.6 Å². The highest BCUT2D eigenvalue weighted by Gasteiger charge is 2.13. The summed E-state index contributed by atoms with van der Waals surface area (Å²) >= 11 is 0. The second-order valence-electron chi connectivity index (χ2n) is 2.94. The first-order chi connectivity index (χ1) is 6.50. The lowest BCUT2D eigenvalue weighted by atomic mass is 10.2. The Balaban J connectivity index is 2.90. The molecule has 1 aromatic heterocycles. The molecule has 1 unspecified atom stereocenters. The molecule has 0 aliphatic rings. The largest absolute Gasteiger partial charge is 0.348 e. The first-order valence-corrected chi connectivity index (χ1v) is 4.08. The first kappa shape index (κ1) is 10.6. The molecule has 0 radical (unpaired) electrons. The highest BCUT2D eigenvalue weighted by atomic mass is 19.1. The fourth-order valence-electron chi connectivity index (χ4n) is 1.12. The normalized spacial score (nSPS) is 12.3. The van der Waals surface area contributed by atoms with Crippen molar-refractivity contribution in [3.63, 3.8) is 0 Å². The third kappa shape index (κ3) is 2.48. The number of carbonyl (C=O) groups excluding carboxylic acids is 1. The monoisotopic (exact) mass is 200 g/mol. The molecular formula is C9H10F2N2O. The highest BCUT2D eigenvalue weighted by Crippen LogP contribution is 2.14. The van der Waals surface area contributed by atoms with E-state index in [0.717, 1.165) is 12.3 Å². The lowest BCUT2D eigenvalue weighted by Crippen LogP contribution is -2.25. The quantitative estimate of drug-likeness (QED) is 0.787. The van der Waals surface area contributed by atoms with Crippen LogP contribution in [0.5, 0.6) is 0 Å². The van der Waals surface area contributed by atoms with Crippen molar-refractivity contribution >= 4 is 5.91 Å². The summed E-state index contributed by atoms with van der Waals surface area (Å²) in [6, 6.07) is 0.175. The summed E-state index contributed by atoms with van der Waals surface area (Å²) in [5, 5.41) is 2.46. The number of hydrogen-bond acceptors (Lipinski definition) is 2. The minimum absolute atomic E-state index is 0.0293. The number of nitrogens with one attached hydrogen (secondary N) is 1. The van der Waals surface area contributed by atoms with Crippen molar-refractivity contribution in [1.29, 1.82) is 0 Å². The second kappa shape index (κ2) is 4.13. The molecule has 0 saturated heterocycles. The van der Waals surface area contributed by atoms with Gasteiger partial charge in [0.1, 0.15) is 11.6 Å². The number of amides is 1. The summed E-state index contributed by atoms with van der Waals surface area (Å²) in [6.07, 6.45) is 0.913. The van der Waals surface area contributed by atoms with E-state index < -0.39 is 17.7 Å². The van der Waals surface area contributed by atoms with Gasteiger partial charge in [0.25, 0.3) is 0 Å². The van der Waals surface area contributed by atoms with Gasteiger partial charge in [0.15, 0.2) is 0 Å². The average Bonchev–Trinajstić information content (AvgIpc) is 2.01. The molecule has 0 aliphatic heterocycles. The molecule has 0 aliphatic carbocycles. The maximum absolute atomic E-state index is 13.1. The summed E-state index contributed by atoms with van der Waals surface area (Å²) < 4.78 is 25.6. The van der Waals surface area contributed by atoms with E-state index in [-0.39, 0.29) is 11.6 Å². The molecule has 1 rings (SSSR count). The molecule has 1 atom stereocenters. The van der Waals surface area contributed by atoms with Crippen LogP contribution in [0.25, 0.3) is 0 Å². The Labute approximate surface area is 80.2 Å². The Morgan fingerprint density at radius 1 is 1.57 bits per heavy atom. The van der Waals surface area contributed by atoms with Crippen LogP contribution in [-0.2, 0) is 4.79 Å². The van der Waals surface area contributed by atoms with Crippen molar-refractivity contribution in [3.8, 4) is 0 Å². The van der Waals surface area contributed by atoms with Crippen LogP contribution < -0.4 is 5.32 Å². The molecule has 1 aromatic rings. The zero-order valence-electron chi connectivity index (χ0n) is 7.84. The van der Waals surface area contributed by atoms with Gasteiger partial charge in [-0.3, -0.25) is 9.78 Å². The molecule has 5 heteroatoms. The second-order valence-corrected chi connectivity index (χ2v) is 2.94. The van der Waals surface area contributed by atoms with Crippen LogP contribution in [0.3, 0.4) is 0 Å². The molecule has 0 saturated carbocycles. The van der Waals surface area contributed by atoms with E-state index in [9.17, 15) is 13.6 Å². The van der Waals surface area contributed by atoms with Crippen LogP contribution >= 0.6 is 0 Å². The van der Waals surface area contributed by atoms with Crippen LogP contribution in [0.2, 0.25) is 0 Å². The van der Waals surface area contributed by atoms with E-state index in [4.69, 9.17) is 0 Å². The van der Waals surface area contributed by atoms with E-state index in [2.05, 4.69) is 10.3 Å². The average molecular weight is 200 g/mol. The zero-order chi connectivity index (χ0) is 10.7. The Kier molecular flexibility index (Phi) is 3.11. The summed E-state index contributed by atoms with van der Waals surface area (Å²) in [5.41, 5.74) is 0.0293. The number of rotatable bonds is 2. The Morgan fingerprint density at radius 2 is 2.21 bits per heavy atom. The van der Waals surface area contributed by atoms with Gasteiger partial charge in [0.2, 0.25) is 5.91 Å². The minimum atomic E-state index is -0.758. The molecule has 3 nitrogen and oxygen atoms in total. The van der Waals surface area contributed by atoms with E-state index >= 15 is 0 Å². The highest BCUT2D eigenvalue weighted by molar-refractivity contribution is 5.73. The molecule has 76 valence electrons. The topological polar surface area (TPSA) is 42.0 Å². The Morgan fingerprint density at radius 3 is 2.71 bits per heavy atom. The number of nitrogens with zero attached hydrogens (tertiary/aromatic N) is 1. The summed E-state index contributed by atoms with van der Waals surface area (Å²) in [5.74, 6) is -1.78. The summed E-state index contributed by atoms with van der Waals surface area (Å²) in [4.78, 5) is 14.2. The van der Waals surface area contributed by atoms with E-state index in [1.807, 2.05) is 0 Å². The van der Waals surface area contributed by atoms with Gasteiger partial charge in [0.05, 0.1) is 17.9 Å².